The van der Waals surface area contributed by atoms with Crippen LogP contribution in [0.4, 0.5) is 5.69 Å². The van der Waals surface area contributed by atoms with Gasteiger partial charge in [0.2, 0.25) is 15.9 Å². The summed E-state index contributed by atoms with van der Waals surface area (Å²) in [5, 5.41) is 2.74. The Kier molecular flexibility index (Phi) is 4.12. The summed E-state index contributed by atoms with van der Waals surface area (Å²) in [6.45, 7) is 0. The topological polar surface area (TPSA) is 121 Å². The highest BCUT2D eigenvalue weighted by molar-refractivity contribution is 7.89. The van der Waals surface area contributed by atoms with Crippen LogP contribution in [0.15, 0.2) is 40.3 Å². The first-order valence-corrected chi connectivity index (χ1v) is 9.89. The Bertz CT molecular complexity index is 1030. The number of carbonyl (C=O) groups is 1. The Morgan fingerprint density at radius 1 is 1.12 bits per heavy atom. The molecule has 1 saturated carbocycles. The van der Waals surface area contributed by atoms with Gasteiger partial charge in [-0.15, -0.1) is 0 Å². The van der Waals surface area contributed by atoms with E-state index >= 15 is 0 Å². The molecule has 1 amide bonds. The van der Waals surface area contributed by atoms with Crippen molar-refractivity contribution in [2.75, 3.05) is 5.32 Å². The fraction of sp³-hybridized carbons (Fsp3) is 0.353. The molecule has 4 rings (SSSR count). The van der Waals surface area contributed by atoms with Gasteiger partial charge in [0.1, 0.15) is 0 Å². The molecule has 2 aliphatic rings. The molecule has 1 aromatic carbocycles. The fourth-order valence-electron chi connectivity index (χ4n) is 3.38. The van der Waals surface area contributed by atoms with E-state index in [0.29, 0.717) is 37.1 Å². The number of aromatic nitrogens is 2. The number of hydrogen-bond acceptors (Lipinski definition) is 5. The minimum absolute atomic E-state index is 0.0555. The summed E-state index contributed by atoms with van der Waals surface area (Å²) in [5.41, 5.74) is 1.98. The number of carbonyl (C=O) groups excluding carboxylic acids is 1. The zero-order valence-electron chi connectivity index (χ0n) is 13.9. The zero-order valence-corrected chi connectivity index (χ0v) is 14.7. The lowest BCUT2D eigenvalue weighted by Crippen LogP contribution is -2.43. The lowest BCUT2D eigenvalue weighted by molar-refractivity contribution is -0.116. The van der Waals surface area contributed by atoms with Crippen molar-refractivity contribution in [1.29, 1.82) is 0 Å². The molecule has 0 saturated heterocycles. The van der Waals surface area contributed by atoms with Crippen molar-refractivity contribution in [3.8, 4) is 0 Å². The maximum absolute atomic E-state index is 12.6. The van der Waals surface area contributed by atoms with Crippen LogP contribution >= 0.6 is 0 Å². The maximum atomic E-state index is 12.6. The average molecular weight is 374 g/mol. The van der Waals surface area contributed by atoms with Gasteiger partial charge >= 0.3 is 0 Å². The van der Waals surface area contributed by atoms with Crippen LogP contribution in [0.25, 0.3) is 0 Å². The number of H-pyrrole nitrogens is 1. The Hall–Kier alpha value is -2.52. The van der Waals surface area contributed by atoms with Gasteiger partial charge in [0.05, 0.1) is 16.9 Å². The van der Waals surface area contributed by atoms with Crippen LogP contribution in [0.1, 0.15) is 36.4 Å². The van der Waals surface area contributed by atoms with E-state index in [9.17, 15) is 18.0 Å². The first kappa shape index (κ1) is 16.9. The number of sulfonamides is 1. The first-order chi connectivity index (χ1) is 12.4. The monoisotopic (exact) mass is 374 g/mol. The average Bonchev–Trinajstić information content (AvgIpc) is 2.57. The molecule has 8 nitrogen and oxygen atoms in total. The molecule has 1 aromatic heterocycles. The SMILES string of the molecule is O=C1CCc2cc(S(=O)(=O)NC3CC(c4cc(=O)[nH]cn4)C3)ccc2N1. The molecule has 0 unspecified atom stereocenters. The molecule has 136 valence electrons. The molecule has 3 N–H and O–H groups in total. The van der Waals surface area contributed by atoms with E-state index < -0.39 is 10.0 Å². The van der Waals surface area contributed by atoms with E-state index in [2.05, 4.69) is 20.0 Å². The molecular formula is C17H18N4O4S. The van der Waals surface area contributed by atoms with Crippen LogP contribution in [0.5, 0.6) is 0 Å². The standard InChI is InChI=1S/C17H18N4O4S/c22-16-4-1-10-7-13(2-3-14(10)20-16)26(24,25)21-12-5-11(6-12)15-8-17(23)19-9-18-15/h2-3,7-9,11-12,21H,1,4-6H2,(H,20,22)(H,18,19,23). The molecule has 1 fully saturated rings. The highest BCUT2D eigenvalue weighted by atomic mass is 32.2. The molecule has 1 aliphatic heterocycles. The number of amides is 1. The van der Waals surface area contributed by atoms with Crippen LogP contribution in [-0.2, 0) is 21.2 Å². The lowest BCUT2D eigenvalue weighted by Gasteiger charge is -2.35. The molecule has 1 aliphatic carbocycles. The second-order valence-electron chi connectivity index (χ2n) is 6.69. The minimum atomic E-state index is -3.63. The largest absolute Gasteiger partial charge is 0.326 e. The fourth-order valence-corrected chi connectivity index (χ4v) is 4.69. The Morgan fingerprint density at radius 3 is 2.69 bits per heavy atom. The predicted octanol–water partition coefficient (Wildman–Crippen LogP) is 0.879. The number of fused-ring (bicyclic) bond motifs is 1. The van der Waals surface area contributed by atoms with Crippen molar-refractivity contribution in [2.24, 2.45) is 0 Å². The van der Waals surface area contributed by atoms with Crippen LogP contribution in [0.3, 0.4) is 0 Å². The van der Waals surface area contributed by atoms with Gasteiger partial charge in [-0.2, -0.15) is 0 Å². The number of hydrogen-bond donors (Lipinski definition) is 3. The molecule has 0 bridgehead atoms. The van der Waals surface area contributed by atoms with E-state index in [-0.39, 0.29) is 28.3 Å². The number of anilines is 1. The molecule has 0 atom stereocenters. The number of rotatable bonds is 4. The van der Waals surface area contributed by atoms with Gasteiger partial charge in [0.25, 0.3) is 5.56 Å². The van der Waals surface area contributed by atoms with Crippen molar-refractivity contribution < 1.29 is 13.2 Å². The smallest absolute Gasteiger partial charge is 0.250 e. The van der Waals surface area contributed by atoms with Crippen molar-refractivity contribution in [1.82, 2.24) is 14.7 Å². The van der Waals surface area contributed by atoms with Crippen molar-refractivity contribution in [3.05, 3.63) is 52.2 Å². The van der Waals surface area contributed by atoms with Crippen LogP contribution in [0, 0.1) is 0 Å². The van der Waals surface area contributed by atoms with Gasteiger partial charge in [-0.05, 0) is 43.0 Å². The quantitative estimate of drug-likeness (QED) is 0.733. The van der Waals surface area contributed by atoms with Crippen LogP contribution < -0.4 is 15.6 Å². The number of benzene rings is 1. The molecule has 0 radical (unpaired) electrons. The first-order valence-electron chi connectivity index (χ1n) is 8.40. The zero-order chi connectivity index (χ0) is 18.3. The number of nitrogens with zero attached hydrogens (tertiary/aromatic N) is 1. The van der Waals surface area contributed by atoms with Gasteiger partial charge in [0.15, 0.2) is 0 Å². The normalized spacial score (nSPS) is 22.2. The van der Waals surface area contributed by atoms with Crippen molar-refractivity contribution in [2.45, 2.75) is 42.5 Å². The number of aromatic amines is 1. The summed E-state index contributed by atoms with van der Waals surface area (Å²) in [4.78, 5) is 29.5. The second-order valence-corrected chi connectivity index (χ2v) is 8.40. The van der Waals surface area contributed by atoms with Gasteiger partial charge in [-0.1, -0.05) is 0 Å². The van der Waals surface area contributed by atoms with E-state index in [1.807, 2.05) is 0 Å². The van der Waals surface area contributed by atoms with Crippen LogP contribution in [0.2, 0.25) is 0 Å². The number of nitrogens with one attached hydrogen (secondary N) is 3. The highest BCUT2D eigenvalue weighted by Crippen LogP contribution is 2.36. The Balaban J connectivity index is 1.44. The van der Waals surface area contributed by atoms with Crippen LogP contribution in [-0.4, -0.2) is 30.3 Å². The lowest BCUT2D eigenvalue weighted by atomic mass is 9.79. The van der Waals surface area contributed by atoms with E-state index in [1.54, 1.807) is 12.1 Å². The van der Waals surface area contributed by atoms with Gasteiger partial charge in [-0.3, -0.25) is 9.59 Å². The van der Waals surface area contributed by atoms with E-state index in [1.165, 1.54) is 18.5 Å². The second kappa shape index (κ2) is 6.33. The van der Waals surface area contributed by atoms with Crippen molar-refractivity contribution >= 4 is 21.6 Å². The third-order valence-corrected chi connectivity index (χ3v) is 6.38. The minimum Gasteiger partial charge on any atom is -0.326 e. The van der Waals surface area contributed by atoms with Crippen molar-refractivity contribution in [3.63, 3.8) is 0 Å². The maximum Gasteiger partial charge on any atom is 0.250 e. The summed E-state index contributed by atoms with van der Waals surface area (Å²) in [7, 11) is -3.63. The summed E-state index contributed by atoms with van der Waals surface area (Å²) >= 11 is 0. The third kappa shape index (κ3) is 3.27. The summed E-state index contributed by atoms with van der Waals surface area (Å²) in [6, 6.07) is 6.02. The summed E-state index contributed by atoms with van der Waals surface area (Å²) in [6.07, 6.45) is 3.47. The molecule has 2 heterocycles. The molecule has 0 spiro atoms. The van der Waals surface area contributed by atoms with Gasteiger partial charge < -0.3 is 10.3 Å². The Labute approximate surface area is 150 Å². The highest BCUT2D eigenvalue weighted by Gasteiger charge is 2.34. The Morgan fingerprint density at radius 2 is 1.92 bits per heavy atom. The molecule has 26 heavy (non-hydrogen) atoms. The van der Waals surface area contributed by atoms with Gasteiger partial charge in [-0.25, -0.2) is 18.1 Å². The predicted molar refractivity (Wildman–Crippen MR) is 94.3 cm³/mol. The summed E-state index contributed by atoms with van der Waals surface area (Å²) in [5.74, 6) is 0.0313. The molecule has 2 aromatic rings. The number of aryl methyl sites for hydroxylation is 1. The third-order valence-electron chi connectivity index (χ3n) is 4.86. The van der Waals surface area contributed by atoms with Gasteiger partial charge in [0, 0.05) is 30.1 Å². The van der Waals surface area contributed by atoms with E-state index in [4.69, 9.17) is 0 Å². The van der Waals surface area contributed by atoms with E-state index in [0.717, 1.165) is 5.56 Å². The molecular weight excluding hydrogens is 356 g/mol. The summed E-state index contributed by atoms with van der Waals surface area (Å²) < 4.78 is 27.9. The molecule has 9 heteroatoms.